The molecule has 2 atom stereocenters. The highest BCUT2D eigenvalue weighted by Gasteiger charge is 2.29. The first kappa shape index (κ1) is 15.6. The molecule has 0 aromatic heterocycles. The first-order valence-corrected chi connectivity index (χ1v) is 7.14. The lowest BCUT2D eigenvalue weighted by molar-refractivity contribution is -0.148. The van der Waals surface area contributed by atoms with Crippen LogP contribution in [0.1, 0.15) is 37.5 Å². The zero-order valence-electron chi connectivity index (χ0n) is 13.0. The molecule has 5 nitrogen and oxygen atoms in total. The number of hydrogen-bond donors (Lipinski definition) is 0. The molecule has 0 N–H and O–H groups in total. The molecule has 0 unspecified atom stereocenters. The first-order valence-electron chi connectivity index (χ1n) is 7.14. The number of rotatable bonds is 5. The topological polar surface area (TPSA) is 54.0 Å². The Morgan fingerprint density at radius 3 is 2.57 bits per heavy atom. The highest BCUT2D eigenvalue weighted by Crippen LogP contribution is 2.39. The van der Waals surface area contributed by atoms with Gasteiger partial charge in [-0.25, -0.2) is 0 Å². The Morgan fingerprint density at radius 2 is 1.95 bits per heavy atom. The van der Waals surface area contributed by atoms with E-state index in [1.165, 1.54) is 0 Å². The third-order valence-corrected chi connectivity index (χ3v) is 3.55. The van der Waals surface area contributed by atoms with Crippen LogP contribution < -0.4 is 9.47 Å². The molecule has 1 aromatic rings. The number of benzene rings is 1. The number of fused-ring (bicyclic) bond motifs is 1. The van der Waals surface area contributed by atoms with Crippen LogP contribution in [0, 0.1) is 0 Å². The smallest absolute Gasteiger partial charge is 0.308 e. The van der Waals surface area contributed by atoms with Crippen molar-refractivity contribution in [2.75, 3.05) is 20.8 Å². The zero-order chi connectivity index (χ0) is 15.4. The molecule has 0 fully saturated rings. The molecule has 1 aliphatic rings. The third-order valence-electron chi connectivity index (χ3n) is 3.55. The van der Waals surface area contributed by atoms with Gasteiger partial charge in [0, 0.05) is 0 Å². The second-order valence-corrected chi connectivity index (χ2v) is 5.05. The van der Waals surface area contributed by atoms with Crippen molar-refractivity contribution >= 4 is 5.97 Å². The molecule has 1 aromatic carbocycles. The largest absolute Gasteiger partial charge is 0.493 e. The molecule has 1 aliphatic heterocycles. The van der Waals surface area contributed by atoms with Crippen LogP contribution in [0.3, 0.4) is 0 Å². The number of carbonyl (C=O) groups excluding carboxylic acids is 1. The number of hydrogen-bond acceptors (Lipinski definition) is 5. The summed E-state index contributed by atoms with van der Waals surface area (Å²) >= 11 is 0. The molecular weight excluding hydrogens is 272 g/mol. The van der Waals surface area contributed by atoms with Gasteiger partial charge in [0.15, 0.2) is 11.5 Å². The van der Waals surface area contributed by atoms with Gasteiger partial charge in [0.25, 0.3) is 0 Å². The highest BCUT2D eigenvalue weighted by molar-refractivity contribution is 5.70. The summed E-state index contributed by atoms with van der Waals surface area (Å²) in [6.07, 6.45) is 0.744. The van der Waals surface area contributed by atoms with Gasteiger partial charge in [-0.3, -0.25) is 4.79 Å². The van der Waals surface area contributed by atoms with E-state index in [4.69, 9.17) is 18.9 Å². The van der Waals surface area contributed by atoms with E-state index >= 15 is 0 Å². The molecule has 21 heavy (non-hydrogen) atoms. The Balaban J connectivity index is 2.33. The molecule has 2 rings (SSSR count). The van der Waals surface area contributed by atoms with Crippen LogP contribution in [0.4, 0.5) is 0 Å². The fourth-order valence-electron chi connectivity index (χ4n) is 2.65. The maximum atomic E-state index is 11.7. The summed E-state index contributed by atoms with van der Waals surface area (Å²) in [5, 5.41) is 0. The van der Waals surface area contributed by atoms with Crippen molar-refractivity contribution in [3.63, 3.8) is 0 Å². The van der Waals surface area contributed by atoms with Gasteiger partial charge in [-0.2, -0.15) is 0 Å². The van der Waals surface area contributed by atoms with Crippen molar-refractivity contribution in [2.24, 2.45) is 0 Å². The summed E-state index contributed by atoms with van der Waals surface area (Å²) in [5.74, 6) is 1.08. The van der Waals surface area contributed by atoms with Crippen molar-refractivity contribution in [3.05, 3.63) is 23.3 Å². The van der Waals surface area contributed by atoms with Gasteiger partial charge < -0.3 is 18.9 Å². The molecule has 0 saturated carbocycles. The van der Waals surface area contributed by atoms with Crippen molar-refractivity contribution in [1.29, 1.82) is 0 Å². The SMILES string of the molecule is CCOC(=O)C[C@H]1O[C@@H](C)Cc2cc(OC)c(OC)cc21. The van der Waals surface area contributed by atoms with Crippen LogP contribution in [0.25, 0.3) is 0 Å². The predicted molar refractivity (Wildman–Crippen MR) is 77.8 cm³/mol. The summed E-state index contributed by atoms with van der Waals surface area (Å²) in [6.45, 7) is 4.17. The van der Waals surface area contributed by atoms with Crippen molar-refractivity contribution in [3.8, 4) is 11.5 Å². The summed E-state index contributed by atoms with van der Waals surface area (Å²) in [4.78, 5) is 11.7. The quantitative estimate of drug-likeness (QED) is 0.781. The van der Waals surface area contributed by atoms with Gasteiger partial charge in [-0.05, 0) is 43.5 Å². The second kappa shape index (κ2) is 6.80. The average Bonchev–Trinajstić information content (AvgIpc) is 2.46. The van der Waals surface area contributed by atoms with Gasteiger partial charge in [0.2, 0.25) is 0 Å². The molecule has 1 heterocycles. The van der Waals surface area contributed by atoms with Crippen LogP contribution in [-0.2, 0) is 20.7 Å². The Hall–Kier alpha value is -1.75. The molecule has 116 valence electrons. The van der Waals surface area contributed by atoms with Crippen molar-refractivity contribution < 1.29 is 23.7 Å². The molecule has 0 radical (unpaired) electrons. The van der Waals surface area contributed by atoms with E-state index in [-0.39, 0.29) is 24.6 Å². The lowest BCUT2D eigenvalue weighted by Gasteiger charge is -2.31. The highest BCUT2D eigenvalue weighted by atomic mass is 16.5. The average molecular weight is 294 g/mol. The molecule has 0 bridgehead atoms. The Labute approximate surface area is 125 Å². The van der Waals surface area contributed by atoms with Crippen LogP contribution in [-0.4, -0.2) is 32.9 Å². The molecule has 0 amide bonds. The maximum absolute atomic E-state index is 11.7. The number of methoxy groups -OCH3 is 2. The number of carbonyl (C=O) groups is 1. The standard InChI is InChI=1S/C16H22O5/c1-5-20-16(17)9-13-12-8-15(19-4)14(18-3)7-11(12)6-10(2)21-13/h7-8,10,13H,5-6,9H2,1-4H3/t10-,13+/m0/s1. The number of esters is 1. The lowest BCUT2D eigenvalue weighted by atomic mass is 9.92. The zero-order valence-corrected chi connectivity index (χ0v) is 13.0. The van der Waals surface area contributed by atoms with Gasteiger partial charge >= 0.3 is 5.97 Å². The summed E-state index contributed by atoms with van der Waals surface area (Å²) < 4.78 is 21.6. The fraction of sp³-hybridized carbons (Fsp3) is 0.562. The Bertz CT molecular complexity index is 512. The number of ether oxygens (including phenoxy) is 4. The molecular formula is C16H22O5. The van der Waals surface area contributed by atoms with E-state index < -0.39 is 0 Å². The minimum absolute atomic E-state index is 0.0510. The Morgan fingerprint density at radius 1 is 1.29 bits per heavy atom. The first-order chi connectivity index (χ1) is 10.1. The molecule has 0 spiro atoms. The monoisotopic (exact) mass is 294 g/mol. The minimum Gasteiger partial charge on any atom is -0.493 e. The van der Waals surface area contributed by atoms with E-state index in [2.05, 4.69) is 0 Å². The van der Waals surface area contributed by atoms with E-state index in [1.807, 2.05) is 19.1 Å². The van der Waals surface area contributed by atoms with Crippen LogP contribution in [0.15, 0.2) is 12.1 Å². The van der Waals surface area contributed by atoms with Gasteiger partial charge in [-0.15, -0.1) is 0 Å². The van der Waals surface area contributed by atoms with E-state index in [9.17, 15) is 4.79 Å². The fourth-order valence-corrected chi connectivity index (χ4v) is 2.65. The van der Waals surface area contributed by atoms with E-state index in [1.54, 1.807) is 21.1 Å². The van der Waals surface area contributed by atoms with Gasteiger partial charge in [0.1, 0.15) is 0 Å². The van der Waals surface area contributed by atoms with E-state index in [0.717, 1.165) is 17.5 Å². The second-order valence-electron chi connectivity index (χ2n) is 5.05. The summed E-state index contributed by atoms with van der Waals surface area (Å²) in [7, 11) is 3.21. The summed E-state index contributed by atoms with van der Waals surface area (Å²) in [5.41, 5.74) is 2.10. The lowest BCUT2D eigenvalue weighted by Crippen LogP contribution is -2.26. The van der Waals surface area contributed by atoms with Crippen molar-refractivity contribution in [2.45, 2.75) is 38.9 Å². The summed E-state index contributed by atoms with van der Waals surface area (Å²) in [6, 6.07) is 3.86. The third kappa shape index (κ3) is 3.47. The maximum Gasteiger partial charge on any atom is 0.308 e. The van der Waals surface area contributed by atoms with Crippen molar-refractivity contribution in [1.82, 2.24) is 0 Å². The molecule has 0 aliphatic carbocycles. The van der Waals surface area contributed by atoms with Crippen LogP contribution in [0.5, 0.6) is 11.5 Å². The van der Waals surface area contributed by atoms with Gasteiger partial charge in [0.05, 0.1) is 39.5 Å². The molecule has 5 heteroatoms. The van der Waals surface area contributed by atoms with Gasteiger partial charge in [-0.1, -0.05) is 0 Å². The normalized spacial score (nSPS) is 20.6. The van der Waals surface area contributed by atoms with E-state index in [0.29, 0.717) is 18.1 Å². The molecule has 0 saturated heterocycles. The van der Waals surface area contributed by atoms with Crippen LogP contribution in [0.2, 0.25) is 0 Å². The minimum atomic E-state index is -0.303. The predicted octanol–water partition coefficient (Wildman–Crippen LogP) is 2.66. The van der Waals surface area contributed by atoms with Crippen LogP contribution >= 0.6 is 0 Å². The Kier molecular flexibility index (Phi) is 5.07.